The minimum absolute atomic E-state index is 0.0640. The molecule has 2 saturated heterocycles. The van der Waals surface area contributed by atoms with Crippen LogP contribution >= 0.6 is 11.8 Å². The van der Waals surface area contributed by atoms with E-state index in [1.807, 2.05) is 30.0 Å². The highest BCUT2D eigenvalue weighted by molar-refractivity contribution is 8.00. The maximum absolute atomic E-state index is 11.1. The number of amides is 2. The zero-order chi connectivity index (χ0) is 15.8. The molecule has 0 radical (unpaired) electrons. The Hall–Kier alpha value is -1.76. The molecular formula is C15H21N3O3S. The zero-order valence-electron chi connectivity index (χ0n) is 12.3. The van der Waals surface area contributed by atoms with E-state index in [2.05, 4.69) is 15.6 Å². The van der Waals surface area contributed by atoms with Crippen molar-refractivity contribution in [2.24, 2.45) is 0 Å². The van der Waals surface area contributed by atoms with Gasteiger partial charge in [0.1, 0.15) is 0 Å². The number of carbonyl (C=O) groups excluding carboxylic acids is 1. The highest BCUT2D eigenvalue weighted by Gasteiger charge is 2.42. The number of hydrogen-bond acceptors (Lipinski definition) is 4. The molecular weight excluding hydrogens is 302 g/mol. The van der Waals surface area contributed by atoms with Gasteiger partial charge in [-0.25, -0.2) is 4.79 Å². The fourth-order valence-corrected chi connectivity index (χ4v) is 4.12. The largest absolute Gasteiger partial charge is 0.481 e. The molecule has 0 unspecified atom stereocenters. The first kappa shape index (κ1) is 16.6. The van der Waals surface area contributed by atoms with E-state index in [9.17, 15) is 9.59 Å². The molecule has 1 aromatic heterocycles. The standard InChI is InChI=1S/C10H16N2O3S.C5H5N/c13-8(14)4-2-1-3-7-9-6(5-16-7)11-10(15)12-9;1-2-4-6-5-3-1/h6-7,9H,1-5H2,(H,13,14)(H2,11,12,15);1-5H/t6-,7-,9-;/m0./s1. The predicted octanol–water partition coefficient (Wildman–Crippen LogP) is 1.88. The molecule has 0 aromatic carbocycles. The first-order valence-electron chi connectivity index (χ1n) is 7.42. The van der Waals surface area contributed by atoms with E-state index in [0.29, 0.717) is 5.25 Å². The number of unbranched alkanes of at least 4 members (excludes halogenated alkanes) is 1. The Bertz CT molecular complexity index is 459. The van der Waals surface area contributed by atoms with Crippen molar-refractivity contribution in [1.82, 2.24) is 15.6 Å². The lowest BCUT2D eigenvalue weighted by Crippen LogP contribution is -2.36. The smallest absolute Gasteiger partial charge is 0.315 e. The number of nitrogens with zero attached hydrogens (tertiary/aromatic N) is 1. The van der Waals surface area contributed by atoms with Gasteiger partial charge >= 0.3 is 12.0 Å². The van der Waals surface area contributed by atoms with Crippen molar-refractivity contribution in [2.75, 3.05) is 5.75 Å². The third-order valence-electron chi connectivity index (χ3n) is 3.63. The molecule has 2 fully saturated rings. The summed E-state index contributed by atoms with van der Waals surface area (Å²) in [5.41, 5.74) is 0. The van der Waals surface area contributed by atoms with Crippen molar-refractivity contribution in [3.63, 3.8) is 0 Å². The molecule has 120 valence electrons. The van der Waals surface area contributed by atoms with E-state index < -0.39 is 5.97 Å². The molecule has 2 aliphatic rings. The number of fused-ring (bicyclic) bond motifs is 1. The Labute approximate surface area is 134 Å². The molecule has 0 saturated carbocycles. The molecule has 3 N–H and O–H groups in total. The Balaban J connectivity index is 0.000000246. The molecule has 0 spiro atoms. The number of hydrogen-bond donors (Lipinski definition) is 3. The van der Waals surface area contributed by atoms with Crippen LogP contribution in [0.3, 0.4) is 0 Å². The molecule has 7 heteroatoms. The van der Waals surface area contributed by atoms with Crippen LogP contribution in [0.5, 0.6) is 0 Å². The number of rotatable bonds is 5. The summed E-state index contributed by atoms with van der Waals surface area (Å²) in [6.07, 6.45) is 6.38. The van der Waals surface area contributed by atoms with E-state index in [1.54, 1.807) is 12.4 Å². The molecule has 6 nitrogen and oxygen atoms in total. The van der Waals surface area contributed by atoms with Crippen LogP contribution in [0.15, 0.2) is 30.6 Å². The van der Waals surface area contributed by atoms with Crippen molar-refractivity contribution in [2.45, 2.75) is 43.0 Å². The molecule has 2 amide bonds. The SMILES string of the molecule is O=C(O)CCCC[C@@H]1SC[C@@H]2NC(=O)N[C@@H]21.c1ccncc1. The highest BCUT2D eigenvalue weighted by Crippen LogP contribution is 2.33. The third-order valence-corrected chi connectivity index (χ3v) is 5.14. The molecule has 3 heterocycles. The number of thioether (sulfide) groups is 1. The summed E-state index contributed by atoms with van der Waals surface area (Å²) in [5.74, 6) is 0.236. The maximum atomic E-state index is 11.1. The summed E-state index contributed by atoms with van der Waals surface area (Å²) in [6, 6.07) is 6.16. The molecule has 3 rings (SSSR count). The number of nitrogens with one attached hydrogen (secondary N) is 2. The number of aromatic nitrogens is 1. The van der Waals surface area contributed by atoms with Gasteiger partial charge in [-0.2, -0.15) is 11.8 Å². The Morgan fingerprint density at radius 1 is 1.27 bits per heavy atom. The van der Waals surface area contributed by atoms with Crippen molar-refractivity contribution >= 4 is 23.8 Å². The van der Waals surface area contributed by atoms with Crippen LogP contribution in [0.4, 0.5) is 4.79 Å². The van der Waals surface area contributed by atoms with E-state index >= 15 is 0 Å². The van der Waals surface area contributed by atoms with Gasteiger partial charge < -0.3 is 15.7 Å². The summed E-state index contributed by atoms with van der Waals surface area (Å²) in [5, 5.41) is 14.8. The summed E-state index contributed by atoms with van der Waals surface area (Å²) >= 11 is 1.87. The summed E-state index contributed by atoms with van der Waals surface area (Å²) < 4.78 is 0. The first-order valence-corrected chi connectivity index (χ1v) is 8.47. The number of carboxylic acids is 1. The average Bonchev–Trinajstić information content (AvgIpc) is 3.05. The molecule has 0 aliphatic carbocycles. The Morgan fingerprint density at radius 3 is 2.64 bits per heavy atom. The van der Waals surface area contributed by atoms with Gasteiger partial charge in [0.2, 0.25) is 0 Å². The number of carbonyl (C=O) groups is 2. The summed E-state index contributed by atoms with van der Waals surface area (Å²) in [4.78, 5) is 25.2. The minimum Gasteiger partial charge on any atom is -0.481 e. The van der Waals surface area contributed by atoms with Gasteiger partial charge in [-0.3, -0.25) is 9.78 Å². The fourth-order valence-electron chi connectivity index (χ4n) is 2.58. The molecule has 2 aliphatic heterocycles. The zero-order valence-corrected chi connectivity index (χ0v) is 13.1. The van der Waals surface area contributed by atoms with Crippen LogP contribution in [0.25, 0.3) is 0 Å². The lowest BCUT2D eigenvalue weighted by Gasteiger charge is -2.16. The second-order valence-electron chi connectivity index (χ2n) is 5.29. The van der Waals surface area contributed by atoms with Crippen molar-refractivity contribution < 1.29 is 14.7 Å². The van der Waals surface area contributed by atoms with Gasteiger partial charge in [0, 0.05) is 29.8 Å². The normalized spacial score (nSPS) is 25.5. The number of pyridine rings is 1. The Morgan fingerprint density at radius 2 is 2.05 bits per heavy atom. The van der Waals surface area contributed by atoms with Crippen LogP contribution in [0.2, 0.25) is 0 Å². The second-order valence-corrected chi connectivity index (χ2v) is 6.56. The van der Waals surface area contributed by atoms with Gasteiger partial charge in [-0.15, -0.1) is 0 Å². The second kappa shape index (κ2) is 8.63. The van der Waals surface area contributed by atoms with Crippen LogP contribution in [0.1, 0.15) is 25.7 Å². The molecule has 0 bridgehead atoms. The van der Waals surface area contributed by atoms with Crippen molar-refractivity contribution in [3.8, 4) is 0 Å². The number of carboxylic acid groups (broad SMARTS) is 1. The van der Waals surface area contributed by atoms with Gasteiger partial charge in [-0.1, -0.05) is 12.5 Å². The summed E-state index contributed by atoms with van der Waals surface area (Å²) in [7, 11) is 0. The van der Waals surface area contributed by atoms with Crippen molar-refractivity contribution in [1.29, 1.82) is 0 Å². The minimum atomic E-state index is -0.729. The van der Waals surface area contributed by atoms with Crippen LogP contribution in [0, 0.1) is 0 Å². The van der Waals surface area contributed by atoms with Gasteiger partial charge in [-0.05, 0) is 25.0 Å². The fraction of sp³-hybridized carbons (Fsp3) is 0.533. The topological polar surface area (TPSA) is 91.3 Å². The van der Waals surface area contributed by atoms with E-state index in [-0.39, 0.29) is 24.5 Å². The van der Waals surface area contributed by atoms with Gasteiger partial charge in [0.25, 0.3) is 0 Å². The van der Waals surface area contributed by atoms with Crippen LogP contribution in [-0.2, 0) is 4.79 Å². The third kappa shape index (κ3) is 5.22. The number of urea groups is 1. The van der Waals surface area contributed by atoms with E-state index in [0.717, 1.165) is 25.0 Å². The first-order chi connectivity index (χ1) is 10.7. The monoisotopic (exact) mass is 323 g/mol. The van der Waals surface area contributed by atoms with Crippen molar-refractivity contribution in [3.05, 3.63) is 30.6 Å². The average molecular weight is 323 g/mol. The van der Waals surface area contributed by atoms with Gasteiger partial charge in [0.15, 0.2) is 0 Å². The molecule has 3 atom stereocenters. The van der Waals surface area contributed by atoms with E-state index in [1.165, 1.54) is 0 Å². The van der Waals surface area contributed by atoms with Gasteiger partial charge in [0.05, 0.1) is 12.1 Å². The highest BCUT2D eigenvalue weighted by atomic mass is 32.2. The lowest BCUT2D eigenvalue weighted by molar-refractivity contribution is -0.137. The van der Waals surface area contributed by atoms with E-state index in [4.69, 9.17) is 5.11 Å². The quantitative estimate of drug-likeness (QED) is 0.568. The molecule has 22 heavy (non-hydrogen) atoms. The lowest BCUT2D eigenvalue weighted by atomic mass is 10.0. The predicted molar refractivity (Wildman–Crippen MR) is 85.8 cm³/mol. The van der Waals surface area contributed by atoms with Crippen LogP contribution < -0.4 is 10.6 Å². The Kier molecular flexibility index (Phi) is 6.51. The molecule has 1 aromatic rings. The maximum Gasteiger partial charge on any atom is 0.315 e. The summed E-state index contributed by atoms with van der Waals surface area (Å²) in [6.45, 7) is 0. The van der Waals surface area contributed by atoms with Crippen LogP contribution in [-0.4, -0.2) is 45.2 Å². The number of aliphatic carboxylic acids is 1.